The number of carboxylic acids is 1. The highest BCUT2D eigenvalue weighted by atomic mass is 16.6. The van der Waals surface area contributed by atoms with Crippen LogP contribution in [0.25, 0.3) is 0 Å². The van der Waals surface area contributed by atoms with Gasteiger partial charge >= 0.3 is 11.7 Å². The van der Waals surface area contributed by atoms with Gasteiger partial charge in [-0.05, 0) is 13.8 Å². The number of carbonyl (C=O) groups is 2. The van der Waals surface area contributed by atoms with Crippen molar-refractivity contribution in [2.75, 3.05) is 0 Å². The van der Waals surface area contributed by atoms with Gasteiger partial charge in [0.15, 0.2) is 0 Å². The molecule has 104 valence electrons. The maximum atomic E-state index is 11.0. The van der Waals surface area contributed by atoms with Gasteiger partial charge in [-0.15, -0.1) is 0 Å². The summed E-state index contributed by atoms with van der Waals surface area (Å²) in [5.41, 5.74) is 0.306. The number of nitrogens with zero attached hydrogens (tertiary/aromatic N) is 3. The van der Waals surface area contributed by atoms with Crippen LogP contribution in [0.1, 0.15) is 18.3 Å². The van der Waals surface area contributed by atoms with E-state index in [1.165, 1.54) is 25.5 Å². The number of carbonyl (C=O) groups excluding carboxylic acids is 1. The Balaban J connectivity index is 3.04. The van der Waals surface area contributed by atoms with Gasteiger partial charge in [0.05, 0.1) is 11.5 Å². The number of carboxylic acid groups (broad SMARTS) is 1. The molecular formula is C10H14N4O5. The van der Waals surface area contributed by atoms with Crippen molar-refractivity contribution in [3.8, 4) is 0 Å². The lowest BCUT2D eigenvalue weighted by atomic mass is 10.2. The molecule has 1 atom stereocenters. The second-order valence-electron chi connectivity index (χ2n) is 4.05. The second-order valence-corrected chi connectivity index (χ2v) is 4.05. The molecule has 0 spiro atoms. The molecule has 9 heteroatoms. The molecule has 0 fully saturated rings. The lowest BCUT2D eigenvalue weighted by Gasteiger charge is -2.13. The van der Waals surface area contributed by atoms with E-state index in [1.54, 1.807) is 0 Å². The van der Waals surface area contributed by atoms with Crippen molar-refractivity contribution in [3.63, 3.8) is 0 Å². The number of hydrogen-bond donors (Lipinski definition) is 2. The summed E-state index contributed by atoms with van der Waals surface area (Å²) in [6, 6.07) is -1.19. The highest BCUT2D eigenvalue weighted by molar-refractivity contribution is 5.81. The fourth-order valence-electron chi connectivity index (χ4n) is 1.73. The topological polar surface area (TPSA) is 127 Å². The number of aromatic nitrogens is 2. The molecule has 0 radical (unpaired) electrons. The minimum atomic E-state index is -1.23. The zero-order chi connectivity index (χ0) is 14.7. The van der Waals surface area contributed by atoms with Crippen molar-refractivity contribution >= 4 is 17.6 Å². The number of aliphatic carboxylic acids is 1. The van der Waals surface area contributed by atoms with Crippen molar-refractivity contribution in [2.24, 2.45) is 0 Å². The van der Waals surface area contributed by atoms with Gasteiger partial charge in [-0.25, -0.2) is 4.79 Å². The van der Waals surface area contributed by atoms with E-state index in [0.29, 0.717) is 0 Å². The molecule has 19 heavy (non-hydrogen) atoms. The number of rotatable bonds is 5. The van der Waals surface area contributed by atoms with Crippen molar-refractivity contribution < 1.29 is 19.6 Å². The third-order valence-corrected chi connectivity index (χ3v) is 2.56. The minimum absolute atomic E-state index is 0.146. The molecule has 0 saturated heterocycles. The first-order valence-electron chi connectivity index (χ1n) is 5.42. The Kier molecular flexibility index (Phi) is 4.20. The summed E-state index contributed by atoms with van der Waals surface area (Å²) in [5, 5.41) is 26.0. The van der Waals surface area contributed by atoms with Crippen LogP contribution in [0.15, 0.2) is 0 Å². The molecule has 1 heterocycles. The zero-order valence-electron chi connectivity index (χ0n) is 10.7. The quantitative estimate of drug-likeness (QED) is 0.572. The van der Waals surface area contributed by atoms with E-state index in [2.05, 4.69) is 10.4 Å². The van der Waals surface area contributed by atoms with Gasteiger partial charge in [0.2, 0.25) is 5.91 Å². The lowest BCUT2D eigenvalue weighted by molar-refractivity contribution is -0.386. The monoisotopic (exact) mass is 270 g/mol. The van der Waals surface area contributed by atoms with Crippen LogP contribution in [0.2, 0.25) is 0 Å². The fraction of sp³-hybridized carbons (Fsp3) is 0.500. The van der Waals surface area contributed by atoms with Gasteiger partial charge in [-0.3, -0.25) is 19.6 Å². The third kappa shape index (κ3) is 3.27. The average molecular weight is 270 g/mol. The number of hydrogen-bond acceptors (Lipinski definition) is 5. The molecule has 1 unspecified atom stereocenters. The van der Waals surface area contributed by atoms with E-state index in [9.17, 15) is 19.7 Å². The highest BCUT2D eigenvalue weighted by Crippen LogP contribution is 2.21. The van der Waals surface area contributed by atoms with Crippen LogP contribution in [-0.2, 0) is 16.1 Å². The van der Waals surface area contributed by atoms with Crippen LogP contribution < -0.4 is 5.32 Å². The first-order chi connectivity index (χ1) is 8.73. The number of nitrogens with one attached hydrogen (secondary N) is 1. The zero-order valence-corrected chi connectivity index (χ0v) is 10.7. The summed E-state index contributed by atoms with van der Waals surface area (Å²) in [6.07, 6.45) is 0. The van der Waals surface area contributed by atoms with Crippen LogP contribution in [0.5, 0.6) is 0 Å². The van der Waals surface area contributed by atoms with E-state index in [0.717, 1.165) is 0 Å². The summed E-state index contributed by atoms with van der Waals surface area (Å²) in [5.74, 6) is -1.73. The minimum Gasteiger partial charge on any atom is -0.480 e. The summed E-state index contributed by atoms with van der Waals surface area (Å²) in [4.78, 5) is 32.1. The molecule has 1 amide bonds. The summed E-state index contributed by atoms with van der Waals surface area (Å²) < 4.78 is 1.21. The van der Waals surface area contributed by atoms with Crippen LogP contribution in [0, 0.1) is 24.0 Å². The highest BCUT2D eigenvalue weighted by Gasteiger charge is 2.26. The van der Waals surface area contributed by atoms with Crippen molar-refractivity contribution in [1.29, 1.82) is 0 Å². The molecule has 2 N–H and O–H groups in total. The Labute approximate surface area is 108 Å². The second kappa shape index (κ2) is 5.46. The van der Waals surface area contributed by atoms with E-state index in [-0.39, 0.29) is 23.6 Å². The molecule has 1 aromatic heterocycles. The summed E-state index contributed by atoms with van der Waals surface area (Å²) >= 11 is 0. The standard InChI is InChI=1S/C10H14N4O5/c1-5-9(14(18)19)6(2)13(12-5)4-8(10(16)17)11-7(3)15/h8H,4H2,1-3H3,(H,11,15)(H,16,17). The molecule has 9 nitrogen and oxygen atoms in total. The van der Waals surface area contributed by atoms with Gasteiger partial charge in [0.1, 0.15) is 17.4 Å². The van der Waals surface area contributed by atoms with Gasteiger partial charge in [0.25, 0.3) is 0 Å². The molecule has 0 aromatic carbocycles. The molecule has 0 bridgehead atoms. The predicted octanol–water partition coefficient (Wildman–Crippen LogP) is -0.00256. The Bertz CT molecular complexity index is 536. The van der Waals surface area contributed by atoms with E-state index < -0.39 is 22.8 Å². The molecule has 0 saturated carbocycles. The van der Waals surface area contributed by atoms with E-state index in [1.807, 2.05) is 0 Å². The Morgan fingerprint density at radius 1 is 1.53 bits per heavy atom. The fourth-order valence-corrected chi connectivity index (χ4v) is 1.73. The van der Waals surface area contributed by atoms with Crippen LogP contribution in [-0.4, -0.2) is 37.7 Å². The third-order valence-electron chi connectivity index (χ3n) is 2.56. The molecule has 0 aliphatic heterocycles. The lowest BCUT2D eigenvalue weighted by Crippen LogP contribution is -2.43. The summed E-state index contributed by atoms with van der Waals surface area (Å²) in [7, 11) is 0. The maximum Gasteiger partial charge on any atom is 0.328 e. The SMILES string of the molecule is CC(=O)NC(Cn1nc(C)c([N+](=O)[O-])c1C)C(=O)O. The first-order valence-corrected chi connectivity index (χ1v) is 5.42. The van der Waals surface area contributed by atoms with Gasteiger partial charge in [-0.2, -0.15) is 5.10 Å². The van der Waals surface area contributed by atoms with Gasteiger partial charge in [0, 0.05) is 6.92 Å². The predicted molar refractivity (Wildman–Crippen MR) is 63.6 cm³/mol. The first kappa shape index (κ1) is 14.6. The number of amides is 1. The average Bonchev–Trinajstić information content (AvgIpc) is 2.52. The summed E-state index contributed by atoms with van der Waals surface area (Å²) in [6.45, 7) is 3.97. The normalized spacial score (nSPS) is 11.9. The number of nitro groups is 1. The van der Waals surface area contributed by atoms with Crippen LogP contribution >= 0.6 is 0 Å². The van der Waals surface area contributed by atoms with Crippen molar-refractivity contribution in [3.05, 3.63) is 21.5 Å². The van der Waals surface area contributed by atoms with Crippen molar-refractivity contribution in [1.82, 2.24) is 15.1 Å². The Morgan fingerprint density at radius 3 is 2.47 bits per heavy atom. The van der Waals surface area contributed by atoms with Gasteiger partial charge < -0.3 is 10.4 Å². The maximum absolute atomic E-state index is 11.0. The Hall–Kier alpha value is -2.45. The Morgan fingerprint density at radius 2 is 2.11 bits per heavy atom. The molecule has 0 aliphatic rings. The smallest absolute Gasteiger partial charge is 0.328 e. The molecule has 0 aliphatic carbocycles. The van der Waals surface area contributed by atoms with Crippen LogP contribution in [0.3, 0.4) is 0 Å². The van der Waals surface area contributed by atoms with Crippen molar-refractivity contribution in [2.45, 2.75) is 33.4 Å². The van der Waals surface area contributed by atoms with Gasteiger partial charge in [-0.1, -0.05) is 0 Å². The van der Waals surface area contributed by atoms with E-state index >= 15 is 0 Å². The van der Waals surface area contributed by atoms with E-state index in [4.69, 9.17) is 5.11 Å². The largest absolute Gasteiger partial charge is 0.480 e. The molecule has 1 rings (SSSR count). The molecular weight excluding hydrogens is 256 g/mol. The molecule has 1 aromatic rings. The number of aryl methyl sites for hydroxylation is 1. The van der Waals surface area contributed by atoms with Crippen LogP contribution in [0.4, 0.5) is 5.69 Å².